The molecule has 2 amide bonds. The van der Waals surface area contributed by atoms with Crippen LogP contribution in [-0.4, -0.2) is 95.8 Å². The van der Waals surface area contributed by atoms with Gasteiger partial charge in [-0.25, -0.2) is 0 Å². The highest BCUT2D eigenvalue weighted by molar-refractivity contribution is 6.31. The number of benzene rings is 4. The van der Waals surface area contributed by atoms with Crippen LogP contribution in [0, 0.1) is 10.8 Å². The van der Waals surface area contributed by atoms with Crippen LogP contribution in [0.2, 0.25) is 5.02 Å². The number of benzodiazepines with no additional fused rings is 1. The maximum absolute atomic E-state index is 13.6. The summed E-state index contributed by atoms with van der Waals surface area (Å²) in [6.45, 7) is 3.79. The lowest BCUT2D eigenvalue weighted by molar-refractivity contribution is -0.121. The number of carbonyl (C=O) groups excluding carboxylic acids is 2. The Morgan fingerprint density at radius 1 is 0.946 bits per heavy atom. The number of rotatable bonds is 9. The molecule has 3 atom stereocenters. The molecule has 3 aliphatic heterocycles. The number of piperidine rings is 1. The number of hydrogen-bond acceptors (Lipinski definition) is 9. The van der Waals surface area contributed by atoms with Gasteiger partial charge >= 0.3 is 0 Å². The van der Waals surface area contributed by atoms with Crippen molar-refractivity contribution in [1.82, 2.24) is 10.2 Å². The van der Waals surface area contributed by atoms with Gasteiger partial charge in [0.25, 0.3) is 5.91 Å². The fraction of sp³-hybridized carbons (Fsp3) is 0.326. The molecule has 2 saturated heterocycles. The number of amides is 2. The second kappa shape index (κ2) is 16.7. The number of likely N-dealkylation sites (tertiary alicyclic amines) is 1. The van der Waals surface area contributed by atoms with E-state index in [1.165, 1.54) is 4.90 Å². The van der Waals surface area contributed by atoms with Crippen LogP contribution < -0.4 is 19.9 Å². The summed E-state index contributed by atoms with van der Waals surface area (Å²) in [7, 11) is 1.58. The number of aliphatic hydroxyl groups is 2. The van der Waals surface area contributed by atoms with E-state index in [4.69, 9.17) is 26.7 Å². The number of anilines is 2. The summed E-state index contributed by atoms with van der Waals surface area (Å²) >= 11 is 6.21. The van der Waals surface area contributed by atoms with E-state index >= 15 is 0 Å². The third kappa shape index (κ3) is 8.32. The average molecular weight is 776 g/mol. The number of β-amino-alcohol motifs (C(OH)–C–C–N with tert-alkyl or cyclic N) is 2. The van der Waals surface area contributed by atoms with Crippen LogP contribution in [0.1, 0.15) is 64.7 Å². The second-order valence-corrected chi connectivity index (χ2v) is 15.0. The lowest BCUT2D eigenvalue weighted by Crippen LogP contribution is -2.42. The van der Waals surface area contributed by atoms with E-state index in [1.807, 2.05) is 64.4 Å². The first-order valence-electron chi connectivity index (χ1n) is 18.8. The molecule has 4 aromatic carbocycles. The SMILES string of the molecule is COc1ccc2c(c1)C(c1ccc(Cl)cc1)=N[C@@H](CC(=O)NCc1cccc(C3CCN(C(=O)c4cccc(N5C[C@@H](O)[C@@H](O)C5)c4)CC3)c1)C(=N)N2C(C)=N. The van der Waals surface area contributed by atoms with Gasteiger partial charge in [-0.3, -0.25) is 30.3 Å². The summed E-state index contributed by atoms with van der Waals surface area (Å²) < 4.78 is 5.52. The van der Waals surface area contributed by atoms with Crippen molar-refractivity contribution in [1.29, 1.82) is 10.8 Å². The fourth-order valence-corrected chi connectivity index (χ4v) is 7.88. The second-order valence-electron chi connectivity index (χ2n) is 14.6. The number of halogens is 1. The predicted octanol–water partition coefficient (Wildman–Crippen LogP) is 5.62. The van der Waals surface area contributed by atoms with E-state index in [1.54, 1.807) is 38.3 Å². The maximum Gasteiger partial charge on any atom is 0.253 e. The molecule has 0 saturated carbocycles. The Kier molecular flexibility index (Phi) is 11.5. The number of aliphatic imine (C=N–C) groups is 1. The Hall–Kier alpha value is -5.56. The van der Waals surface area contributed by atoms with Crippen molar-refractivity contribution >= 4 is 52.2 Å². The minimum atomic E-state index is -0.873. The molecule has 2 fully saturated rings. The summed E-state index contributed by atoms with van der Waals surface area (Å²) in [6.07, 6.45) is -0.0875. The zero-order valence-corrected chi connectivity index (χ0v) is 32.2. The molecule has 0 radical (unpaired) electrons. The minimum absolute atomic E-state index is 0.0221. The van der Waals surface area contributed by atoms with Crippen molar-refractivity contribution in [3.8, 4) is 5.75 Å². The first-order valence-corrected chi connectivity index (χ1v) is 19.2. The number of ether oxygens (including phenoxy) is 1. The van der Waals surface area contributed by atoms with Gasteiger partial charge in [0, 0.05) is 60.1 Å². The topological polar surface area (TPSA) is 166 Å². The third-order valence-electron chi connectivity index (χ3n) is 10.8. The molecule has 0 unspecified atom stereocenters. The van der Waals surface area contributed by atoms with Crippen LogP contribution in [0.15, 0.2) is 96.0 Å². The molecule has 4 aromatic rings. The number of nitrogens with one attached hydrogen (secondary N) is 3. The number of nitrogens with zero attached hydrogens (tertiary/aromatic N) is 4. The number of amidine groups is 2. The smallest absolute Gasteiger partial charge is 0.253 e. The minimum Gasteiger partial charge on any atom is -0.497 e. The van der Waals surface area contributed by atoms with Gasteiger partial charge in [0.15, 0.2) is 0 Å². The average Bonchev–Trinajstić information content (AvgIpc) is 3.50. The number of fused-ring (bicyclic) bond motifs is 1. The van der Waals surface area contributed by atoms with Gasteiger partial charge in [-0.2, -0.15) is 0 Å². The van der Waals surface area contributed by atoms with Crippen molar-refractivity contribution in [2.75, 3.05) is 43.1 Å². The molecular formula is C43H46ClN7O5. The van der Waals surface area contributed by atoms with E-state index in [0.717, 1.165) is 35.2 Å². The van der Waals surface area contributed by atoms with Gasteiger partial charge in [0.1, 0.15) is 23.5 Å². The molecule has 0 bridgehead atoms. The predicted molar refractivity (Wildman–Crippen MR) is 219 cm³/mol. The maximum atomic E-state index is 13.6. The number of carbonyl (C=O) groups is 2. The third-order valence-corrected chi connectivity index (χ3v) is 11.0. The van der Waals surface area contributed by atoms with Crippen LogP contribution in [0.4, 0.5) is 11.4 Å². The molecule has 0 aromatic heterocycles. The summed E-state index contributed by atoms with van der Waals surface area (Å²) in [4.78, 5) is 37.3. The largest absolute Gasteiger partial charge is 0.497 e. The van der Waals surface area contributed by atoms with E-state index < -0.39 is 18.2 Å². The van der Waals surface area contributed by atoms with Crippen molar-refractivity contribution in [2.24, 2.45) is 4.99 Å². The molecule has 56 heavy (non-hydrogen) atoms. The molecule has 0 aliphatic carbocycles. The number of methoxy groups -OCH3 is 1. The molecular weight excluding hydrogens is 730 g/mol. The number of hydrogen-bond donors (Lipinski definition) is 5. The Labute approximate surface area is 331 Å². The Morgan fingerprint density at radius 2 is 1.66 bits per heavy atom. The molecule has 7 rings (SSSR count). The van der Waals surface area contributed by atoms with Gasteiger partial charge in [-0.05, 0) is 85.3 Å². The first-order chi connectivity index (χ1) is 27.0. The normalized spacial score (nSPS) is 19.9. The zero-order valence-electron chi connectivity index (χ0n) is 31.4. The highest BCUT2D eigenvalue weighted by Gasteiger charge is 2.33. The lowest BCUT2D eigenvalue weighted by Gasteiger charge is -2.32. The van der Waals surface area contributed by atoms with Crippen LogP contribution in [0.25, 0.3) is 0 Å². The van der Waals surface area contributed by atoms with Gasteiger partial charge in [-0.15, -0.1) is 0 Å². The first kappa shape index (κ1) is 38.7. The van der Waals surface area contributed by atoms with Gasteiger partial charge in [-0.1, -0.05) is 54.1 Å². The summed E-state index contributed by atoms with van der Waals surface area (Å²) in [6, 6.07) is 27.3. The molecule has 12 nitrogen and oxygen atoms in total. The monoisotopic (exact) mass is 775 g/mol. The van der Waals surface area contributed by atoms with Crippen molar-refractivity contribution in [2.45, 2.75) is 56.9 Å². The van der Waals surface area contributed by atoms with Crippen molar-refractivity contribution in [3.05, 3.63) is 124 Å². The molecule has 0 spiro atoms. The van der Waals surface area contributed by atoms with Gasteiger partial charge < -0.3 is 30.1 Å². The van der Waals surface area contributed by atoms with Crippen molar-refractivity contribution in [3.63, 3.8) is 0 Å². The van der Waals surface area contributed by atoms with Crippen LogP contribution in [0.3, 0.4) is 0 Å². The van der Waals surface area contributed by atoms with Gasteiger partial charge in [0.05, 0.1) is 37.1 Å². The van der Waals surface area contributed by atoms with Gasteiger partial charge in [0.2, 0.25) is 5.91 Å². The molecule has 290 valence electrons. The summed E-state index contributed by atoms with van der Waals surface area (Å²) in [5.41, 5.74) is 6.10. The van der Waals surface area contributed by atoms with Crippen LogP contribution in [-0.2, 0) is 11.3 Å². The van der Waals surface area contributed by atoms with E-state index in [-0.39, 0.29) is 35.8 Å². The van der Waals surface area contributed by atoms with E-state index in [0.29, 0.717) is 66.0 Å². The Balaban J connectivity index is 0.999. The molecule has 3 heterocycles. The highest BCUT2D eigenvalue weighted by Crippen LogP contribution is 2.34. The molecule has 13 heteroatoms. The molecule has 3 aliphatic rings. The standard InChI is InChI=1S/C43H46ClN7O5/c1-26(45)51-37-14-13-34(56-2)21-35(37)41(29-9-11-32(44)12-10-29)48-36(42(51)46)22-40(54)47-23-27-5-3-6-30(19-27)28-15-17-49(18-16-28)43(55)31-7-4-8-33(20-31)50-24-38(52)39(53)25-50/h3-14,19-21,28,36,38-39,45-46,52-53H,15-18,22-25H2,1-2H3,(H,47,54)/t36-,38-,39+/m0/s1. The zero-order chi connectivity index (χ0) is 39.5. The van der Waals surface area contributed by atoms with Crippen LogP contribution >= 0.6 is 11.6 Å². The van der Waals surface area contributed by atoms with Crippen LogP contribution in [0.5, 0.6) is 5.75 Å². The highest BCUT2D eigenvalue weighted by atomic mass is 35.5. The van der Waals surface area contributed by atoms with E-state index in [9.17, 15) is 25.2 Å². The quantitative estimate of drug-likeness (QED) is 0.109. The molecule has 5 N–H and O–H groups in total. The Bertz CT molecular complexity index is 2160. The summed E-state index contributed by atoms with van der Waals surface area (Å²) in [5, 5.41) is 41.3. The summed E-state index contributed by atoms with van der Waals surface area (Å²) in [5.74, 6) is 0.701. The Morgan fingerprint density at radius 3 is 2.36 bits per heavy atom. The lowest BCUT2D eigenvalue weighted by atomic mass is 9.88. The van der Waals surface area contributed by atoms with E-state index in [2.05, 4.69) is 17.4 Å². The fourth-order valence-electron chi connectivity index (χ4n) is 7.75. The van der Waals surface area contributed by atoms with Crippen molar-refractivity contribution < 1.29 is 24.5 Å². The number of aliphatic hydroxyl groups excluding tert-OH is 2.